The van der Waals surface area contributed by atoms with Gasteiger partial charge in [0.05, 0.1) is 4.92 Å². The molecular formula is C13H19N3O2. The highest BCUT2D eigenvalue weighted by Crippen LogP contribution is 2.36. The van der Waals surface area contributed by atoms with Crippen LogP contribution < -0.4 is 5.32 Å². The van der Waals surface area contributed by atoms with E-state index in [1.807, 2.05) is 0 Å². The molecule has 18 heavy (non-hydrogen) atoms. The summed E-state index contributed by atoms with van der Waals surface area (Å²) < 4.78 is 0. The molecule has 1 saturated carbocycles. The molecule has 1 aromatic rings. The zero-order valence-electron chi connectivity index (χ0n) is 10.8. The van der Waals surface area contributed by atoms with Gasteiger partial charge in [0.25, 0.3) is 0 Å². The topological polar surface area (TPSA) is 68.1 Å². The highest BCUT2D eigenvalue weighted by molar-refractivity contribution is 5.55. The molecule has 5 heteroatoms. The summed E-state index contributed by atoms with van der Waals surface area (Å²) in [5.74, 6) is 0.396. The molecule has 0 unspecified atom stereocenters. The lowest BCUT2D eigenvalue weighted by molar-refractivity contribution is -0.384. The van der Waals surface area contributed by atoms with Crippen LogP contribution in [-0.2, 0) is 0 Å². The van der Waals surface area contributed by atoms with Crippen LogP contribution in [0, 0.1) is 15.5 Å². The predicted molar refractivity (Wildman–Crippen MR) is 70.6 cm³/mol. The maximum Gasteiger partial charge on any atom is 0.311 e. The van der Waals surface area contributed by atoms with Crippen LogP contribution in [0.3, 0.4) is 0 Å². The van der Waals surface area contributed by atoms with Crippen molar-refractivity contribution in [1.82, 2.24) is 4.98 Å². The third-order valence-corrected chi connectivity index (χ3v) is 3.66. The molecule has 1 heterocycles. The van der Waals surface area contributed by atoms with Gasteiger partial charge in [-0.3, -0.25) is 10.1 Å². The lowest BCUT2D eigenvalue weighted by atomic mass is 9.75. The molecule has 1 N–H and O–H groups in total. The second-order valence-electron chi connectivity index (χ2n) is 5.71. The number of nitrogens with zero attached hydrogens (tertiary/aromatic N) is 2. The Balaban J connectivity index is 2.04. The molecule has 0 amide bonds. The highest BCUT2D eigenvalue weighted by atomic mass is 16.6. The van der Waals surface area contributed by atoms with Gasteiger partial charge in [-0.25, -0.2) is 4.98 Å². The number of nitro groups is 1. The van der Waals surface area contributed by atoms with E-state index in [0.717, 1.165) is 25.7 Å². The second kappa shape index (κ2) is 4.92. The van der Waals surface area contributed by atoms with E-state index in [-0.39, 0.29) is 10.6 Å². The van der Waals surface area contributed by atoms with Gasteiger partial charge in [-0.2, -0.15) is 0 Å². The van der Waals surface area contributed by atoms with Crippen molar-refractivity contribution in [3.63, 3.8) is 0 Å². The molecule has 0 spiro atoms. The minimum atomic E-state index is -0.387. The van der Waals surface area contributed by atoms with Crippen LogP contribution in [0.15, 0.2) is 18.3 Å². The first-order valence-corrected chi connectivity index (χ1v) is 6.34. The third kappa shape index (κ3) is 2.97. The summed E-state index contributed by atoms with van der Waals surface area (Å²) in [4.78, 5) is 14.6. The first-order valence-electron chi connectivity index (χ1n) is 6.34. The van der Waals surface area contributed by atoms with E-state index in [0.29, 0.717) is 17.3 Å². The Labute approximate surface area is 107 Å². The second-order valence-corrected chi connectivity index (χ2v) is 5.71. The first-order chi connectivity index (χ1) is 8.48. The van der Waals surface area contributed by atoms with E-state index >= 15 is 0 Å². The number of hydrogen-bond acceptors (Lipinski definition) is 4. The fourth-order valence-corrected chi connectivity index (χ4v) is 2.39. The molecule has 0 bridgehead atoms. The van der Waals surface area contributed by atoms with Crippen molar-refractivity contribution in [2.45, 2.75) is 45.6 Å². The van der Waals surface area contributed by atoms with Crippen molar-refractivity contribution in [2.24, 2.45) is 5.41 Å². The lowest BCUT2D eigenvalue weighted by Gasteiger charge is -2.34. The van der Waals surface area contributed by atoms with E-state index in [2.05, 4.69) is 24.1 Å². The van der Waals surface area contributed by atoms with E-state index in [1.165, 1.54) is 6.07 Å². The summed E-state index contributed by atoms with van der Waals surface area (Å²) in [5.41, 5.74) is 0.455. The maximum absolute atomic E-state index is 10.9. The summed E-state index contributed by atoms with van der Waals surface area (Å²) in [5, 5.41) is 14.1. The van der Waals surface area contributed by atoms with Gasteiger partial charge in [0, 0.05) is 18.3 Å². The monoisotopic (exact) mass is 249 g/mol. The van der Waals surface area contributed by atoms with Crippen LogP contribution in [0.4, 0.5) is 11.5 Å². The van der Waals surface area contributed by atoms with Crippen molar-refractivity contribution in [1.29, 1.82) is 0 Å². The van der Waals surface area contributed by atoms with Crippen LogP contribution in [0.2, 0.25) is 0 Å². The molecule has 0 aliphatic heterocycles. The molecule has 0 saturated heterocycles. The zero-order chi connectivity index (χ0) is 13.2. The third-order valence-electron chi connectivity index (χ3n) is 3.66. The predicted octanol–water partition coefficient (Wildman–Crippen LogP) is 3.37. The molecule has 1 fully saturated rings. The average molecular weight is 249 g/mol. The number of pyridine rings is 1. The molecule has 98 valence electrons. The Hall–Kier alpha value is -1.65. The number of hydrogen-bond donors (Lipinski definition) is 1. The molecule has 0 aromatic carbocycles. The van der Waals surface area contributed by atoms with Gasteiger partial charge in [0.1, 0.15) is 0 Å². The minimum absolute atomic E-state index is 0.0577. The van der Waals surface area contributed by atoms with Crippen molar-refractivity contribution >= 4 is 11.5 Å². The van der Waals surface area contributed by atoms with Crippen LogP contribution in [0.25, 0.3) is 0 Å². The number of anilines is 1. The largest absolute Gasteiger partial charge is 0.362 e. The van der Waals surface area contributed by atoms with E-state index in [4.69, 9.17) is 0 Å². The molecular weight excluding hydrogens is 230 g/mol. The molecule has 2 rings (SSSR count). The molecule has 0 radical (unpaired) electrons. The smallest absolute Gasteiger partial charge is 0.311 e. The Bertz CT molecular complexity index is 436. The summed E-state index contributed by atoms with van der Waals surface area (Å²) in [6.07, 6.45) is 5.96. The fraction of sp³-hybridized carbons (Fsp3) is 0.615. The standard InChI is InChI=1S/C13H19N3O2/c1-13(2)7-5-10(6-8-13)15-12-11(16(17)18)4-3-9-14-12/h3-4,9-10H,5-8H2,1-2H3,(H,14,15). The maximum atomic E-state index is 10.9. The zero-order valence-corrected chi connectivity index (χ0v) is 10.8. The van der Waals surface area contributed by atoms with Gasteiger partial charge in [0.2, 0.25) is 5.82 Å². The van der Waals surface area contributed by atoms with Gasteiger partial charge >= 0.3 is 5.69 Å². The molecule has 1 aliphatic carbocycles. The molecule has 5 nitrogen and oxygen atoms in total. The number of aromatic nitrogens is 1. The lowest BCUT2D eigenvalue weighted by Crippen LogP contribution is -2.30. The normalized spacial score (nSPS) is 19.4. The summed E-state index contributed by atoms with van der Waals surface area (Å²) in [7, 11) is 0. The van der Waals surface area contributed by atoms with E-state index in [1.54, 1.807) is 12.3 Å². The van der Waals surface area contributed by atoms with Crippen LogP contribution in [0.1, 0.15) is 39.5 Å². The molecule has 1 aromatic heterocycles. The Morgan fingerprint density at radius 1 is 1.44 bits per heavy atom. The van der Waals surface area contributed by atoms with Gasteiger partial charge in [-0.05, 0) is 37.2 Å². The summed E-state index contributed by atoms with van der Waals surface area (Å²) in [6.45, 7) is 4.54. The van der Waals surface area contributed by atoms with Crippen LogP contribution in [-0.4, -0.2) is 15.9 Å². The van der Waals surface area contributed by atoms with Gasteiger partial charge < -0.3 is 5.32 Å². The van der Waals surface area contributed by atoms with Crippen molar-refractivity contribution in [3.8, 4) is 0 Å². The van der Waals surface area contributed by atoms with Gasteiger partial charge in [-0.15, -0.1) is 0 Å². The summed E-state index contributed by atoms with van der Waals surface area (Å²) in [6, 6.07) is 3.38. The van der Waals surface area contributed by atoms with E-state index in [9.17, 15) is 10.1 Å². The first kappa shape index (κ1) is 12.8. The Morgan fingerprint density at radius 3 is 2.72 bits per heavy atom. The molecule has 1 aliphatic rings. The minimum Gasteiger partial charge on any atom is -0.362 e. The van der Waals surface area contributed by atoms with Gasteiger partial charge in [0.15, 0.2) is 0 Å². The fourth-order valence-electron chi connectivity index (χ4n) is 2.39. The van der Waals surface area contributed by atoms with E-state index < -0.39 is 0 Å². The van der Waals surface area contributed by atoms with Gasteiger partial charge in [-0.1, -0.05) is 13.8 Å². The Morgan fingerprint density at radius 2 is 2.11 bits per heavy atom. The van der Waals surface area contributed by atoms with Crippen molar-refractivity contribution in [3.05, 3.63) is 28.4 Å². The number of rotatable bonds is 3. The summed E-state index contributed by atoms with van der Waals surface area (Å²) >= 11 is 0. The van der Waals surface area contributed by atoms with Crippen molar-refractivity contribution < 1.29 is 4.92 Å². The SMILES string of the molecule is CC1(C)CCC(Nc2ncccc2[N+](=O)[O-])CC1. The van der Waals surface area contributed by atoms with Crippen LogP contribution in [0.5, 0.6) is 0 Å². The Kier molecular flexibility index (Phi) is 3.50. The van der Waals surface area contributed by atoms with Crippen LogP contribution >= 0.6 is 0 Å². The van der Waals surface area contributed by atoms with Crippen molar-refractivity contribution in [2.75, 3.05) is 5.32 Å². The quantitative estimate of drug-likeness (QED) is 0.658. The highest BCUT2D eigenvalue weighted by Gasteiger charge is 2.28. The molecule has 0 atom stereocenters. The average Bonchev–Trinajstić information content (AvgIpc) is 2.32. The number of nitrogens with one attached hydrogen (secondary N) is 1.